The molecule has 2 aromatic carbocycles. The molecule has 11 heteroatoms. The van der Waals surface area contributed by atoms with Crippen molar-refractivity contribution in [3.05, 3.63) is 95.5 Å². The van der Waals surface area contributed by atoms with E-state index in [1.807, 2.05) is 71.6 Å². The smallest absolute Gasteiger partial charge is 0.250 e. The minimum Gasteiger partial charge on any atom is -0.495 e. The summed E-state index contributed by atoms with van der Waals surface area (Å²) in [6.07, 6.45) is 1.75. The summed E-state index contributed by atoms with van der Waals surface area (Å²) < 4.78 is 16.8. The van der Waals surface area contributed by atoms with Gasteiger partial charge in [0, 0.05) is 28.9 Å². The molecule has 1 aliphatic heterocycles. The Morgan fingerprint density at radius 1 is 1.15 bits per heavy atom. The molecule has 8 nitrogen and oxygen atoms in total. The Bertz CT molecular complexity index is 1470. The molecule has 200 valence electrons. The summed E-state index contributed by atoms with van der Waals surface area (Å²) in [4.78, 5) is 19.9. The van der Waals surface area contributed by atoms with E-state index < -0.39 is 0 Å². The van der Waals surface area contributed by atoms with Crippen LogP contribution in [0, 0.1) is 0 Å². The van der Waals surface area contributed by atoms with Gasteiger partial charge in [0.1, 0.15) is 24.2 Å². The maximum atomic E-state index is 12.3. The Labute approximate surface area is 240 Å². The first-order valence-corrected chi connectivity index (χ1v) is 13.6. The number of pyridine rings is 1. The fourth-order valence-electron chi connectivity index (χ4n) is 4.35. The summed E-state index contributed by atoms with van der Waals surface area (Å²) in [6.45, 7) is -0.0815. The first-order chi connectivity index (χ1) is 19.0. The van der Waals surface area contributed by atoms with E-state index in [1.165, 1.54) is 18.9 Å². The molecule has 1 amide bonds. The predicted molar refractivity (Wildman–Crippen MR) is 156 cm³/mol. The molecule has 2 N–H and O–H groups in total. The predicted octanol–water partition coefficient (Wildman–Crippen LogP) is 6.25. The highest BCUT2D eigenvalue weighted by Gasteiger charge is 2.42. The lowest BCUT2D eigenvalue weighted by molar-refractivity contribution is -0.119. The van der Waals surface area contributed by atoms with Crippen LogP contribution < -0.4 is 20.3 Å². The second-order valence-electron chi connectivity index (χ2n) is 8.58. The number of ether oxygens (including phenoxy) is 2. The standard InChI is InChI=1S/C28H25ClN4O4S2/c1-35-16-24(34)31-21-15-18(8-11-22(21)36-2)33-27(26(32-28(33)38)20-5-3-4-14-30-20)23-12-13-25(37-23)39-19-9-6-17(29)7-10-19/h3-15,26-27H,16H2,1-2H3,(H,31,34)(H,32,38)/t26-,27+/m0/s1. The van der Waals surface area contributed by atoms with Crippen molar-refractivity contribution in [2.75, 3.05) is 31.0 Å². The molecule has 4 aromatic rings. The normalized spacial score (nSPS) is 16.7. The third-order valence-corrected chi connectivity index (χ3v) is 7.53. The van der Waals surface area contributed by atoms with Gasteiger partial charge in [-0.1, -0.05) is 29.4 Å². The summed E-state index contributed by atoms with van der Waals surface area (Å²) in [5.41, 5.74) is 2.06. The second-order valence-corrected chi connectivity index (χ2v) is 10.5. The Morgan fingerprint density at radius 2 is 1.97 bits per heavy atom. The molecule has 5 rings (SSSR count). The molecule has 0 bridgehead atoms. The number of nitrogens with one attached hydrogen (secondary N) is 2. The van der Waals surface area contributed by atoms with Crippen LogP contribution in [0.5, 0.6) is 5.75 Å². The van der Waals surface area contributed by atoms with Gasteiger partial charge in [-0.3, -0.25) is 9.78 Å². The van der Waals surface area contributed by atoms with Crippen LogP contribution >= 0.6 is 35.6 Å². The molecule has 1 saturated heterocycles. The Kier molecular flexibility index (Phi) is 8.37. The zero-order valence-corrected chi connectivity index (χ0v) is 23.5. The Balaban J connectivity index is 1.52. The van der Waals surface area contributed by atoms with E-state index in [9.17, 15) is 4.79 Å². The van der Waals surface area contributed by atoms with E-state index in [0.29, 0.717) is 27.3 Å². The van der Waals surface area contributed by atoms with Crippen molar-refractivity contribution in [2.24, 2.45) is 0 Å². The molecule has 0 unspecified atom stereocenters. The number of benzene rings is 2. The number of hydrogen-bond donors (Lipinski definition) is 2. The minimum absolute atomic E-state index is 0.0815. The van der Waals surface area contributed by atoms with Crippen LogP contribution in [0.4, 0.5) is 11.4 Å². The van der Waals surface area contributed by atoms with E-state index in [1.54, 1.807) is 19.4 Å². The van der Waals surface area contributed by atoms with Crippen molar-refractivity contribution in [3.63, 3.8) is 0 Å². The number of carbonyl (C=O) groups is 1. The molecule has 1 fully saturated rings. The van der Waals surface area contributed by atoms with Gasteiger partial charge in [0.25, 0.3) is 0 Å². The summed E-state index contributed by atoms with van der Waals surface area (Å²) in [5.74, 6) is 0.918. The Hall–Kier alpha value is -3.57. The highest BCUT2D eigenvalue weighted by molar-refractivity contribution is 7.99. The maximum absolute atomic E-state index is 12.3. The molecule has 2 aromatic heterocycles. The van der Waals surface area contributed by atoms with E-state index in [-0.39, 0.29) is 24.6 Å². The monoisotopic (exact) mass is 580 g/mol. The van der Waals surface area contributed by atoms with Crippen molar-refractivity contribution in [1.29, 1.82) is 0 Å². The minimum atomic E-state index is -0.358. The number of nitrogens with zero attached hydrogens (tertiary/aromatic N) is 2. The highest BCUT2D eigenvalue weighted by Crippen LogP contribution is 2.44. The van der Waals surface area contributed by atoms with Crippen LogP contribution in [0.2, 0.25) is 5.02 Å². The number of halogens is 1. The van der Waals surface area contributed by atoms with Gasteiger partial charge in [0.2, 0.25) is 5.91 Å². The van der Waals surface area contributed by atoms with Crippen molar-refractivity contribution < 1.29 is 18.7 Å². The van der Waals surface area contributed by atoms with Gasteiger partial charge in [0.15, 0.2) is 10.2 Å². The van der Waals surface area contributed by atoms with Crippen molar-refractivity contribution in [3.8, 4) is 5.75 Å². The number of methoxy groups -OCH3 is 2. The summed E-state index contributed by atoms with van der Waals surface area (Å²) in [6, 6.07) is 22.1. The van der Waals surface area contributed by atoms with Crippen LogP contribution in [0.3, 0.4) is 0 Å². The van der Waals surface area contributed by atoms with Crippen LogP contribution in [0.25, 0.3) is 0 Å². The molecule has 0 saturated carbocycles. The van der Waals surface area contributed by atoms with Crippen molar-refractivity contribution >= 4 is 58.0 Å². The lowest BCUT2D eigenvalue weighted by Gasteiger charge is -2.27. The van der Waals surface area contributed by atoms with E-state index >= 15 is 0 Å². The molecule has 2 atom stereocenters. The highest BCUT2D eigenvalue weighted by atomic mass is 35.5. The number of anilines is 2. The number of aromatic nitrogens is 1. The number of rotatable bonds is 9. The molecule has 0 spiro atoms. The van der Waals surface area contributed by atoms with Crippen molar-refractivity contribution in [1.82, 2.24) is 10.3 Å². The Morgan fingerprint density at radius 3 is 2.69 bits per heavy atom. The van der Waals surface area contributed by atoms with Gasteiger partial charge in [-0.2, -0.15) is 0 Å². The van der Waals surface area contributed by atoms with Gasteiger partial charge in [0.05, 0.1) is 24.5 Å². The van der Waals surface area contributed by atoms with Crippen LogP contribution in [-0.4, -0.2) is 36.8 Å². The summed E-state index contributed by atoms with van der Waals surface area (Å²) in [5, 5.41) is 8.17. The topological polar surface area (TPSA) is 88.9 Å². The first kappa shape index (κ1) is 27.0. The quantitative estimate of drug-likeness (QED) is 0.223. The van der Waals surface area contributed by atoms with Gasteiger partial charge >= 0.3 is 0 Å². The number of thiocarbonyl (C=S) groups is 1. The number of amides is 1. The molecule has 3 heterocycles. The first-order valence-electron chi connectivity index (χ1n) is 12.0. The maximum Gasteiger partial charge on any atom is 0.250 e. The number of furan rings is 1. The molecule has 0 radical (unpaired) electrons. The average Bonchev–Trinajstić information content (AvgIpc) is 3.54. The molecule has 1 aliphatic rings. The number of carbonyl (C=O) groups excluding carboxylic acids is 1. The van der Waals surface area contributed by atoms with Gasteiger partial charge in [-0.15, -0.1) is 0 Å². The molecule has 39 heavy (non-hydrogen) atoms. The average molecular weight is 581 g/mol. The van der Waals surface area contributed by atoms with Crippen LogP contribution in [0.1, 0.15) is 23.5 Å². The SMILES string of the molecule is COCC(=O)Nc1cc(N2C(=S)N[C@@H](c3ccccn3)[C@H]2c2ccc(Sc3ccc(Cl)cc3)o2)ccc1OC. The lowest BCUT2D eigenvalue weighted by atomic mass is 10.0. The van der Waals surface area contributed by atoms with E-state index in [2.05, 4.69) is 15.6 Å². The zero-order chi connectivity index (χ0) is 27.4. The molecular weight excluding hydrogens is 556 g/mol. The molecular formula is C28H25ClN4O4S2. The fraction of sp³-hybridized carbons (Fsp3) is 0.179. The second kappa shape index (κ2) is 12.1. The summed E-state index contributed by atoms with van der Waals surface area (Å²) in [7, 11) is 3.01. The molecule has 0 aliphatic carbocycles. The van der Waals surface area contributed by atoms with Gasteiger partial charge < -0.3 is 29.4 Å². The third-order valence-electron chi connectivity index (χ3n) is 6.03. The van der Waals surface area contributed by atoms with E-state index in [4.69, 9.17) is 37.7 Å². The van der Waals surface area contributed by atoms with Crippen LogP contribution in [-0.2, 0) is 9.53 Å². The van der Waals surface area contributed by atoms with Gasteiger partial charge in [-0.05, 0) is 78.9 Å². The van der Waals surface area contributed by atoms with E-state index in [0.717, 1.165) is 21.4 Å². The number of hydrogen-bond acceptors (Lipinski definition) is 7. The van der Waals surface area contributed by atoms with Crippen LogP contribution in [0.15, 0.2) is 93.4 Å². The van der Waals surface area contributed by atoms with Crippen molar-refractivity contribution in [2.45, 2.75) is 22.1 Å². The van der Waals surface area contributed by atoms with Gasteiger partial charge in [-0.25, -0.2) is 0 Å². The zero-order valence-electron chi connectivity index (χ0n) is 21.1. The largest absolute Gasteiger partial charge is 0.495 e. The third kappa shape index (κ3) is 6.04. The fourth-order valence-corrected chi connectivity index (χ4v) is 5.60. The lowest BCUT2D eigenvalue weighted by Crippen LogP contribution is -2.29. The summed E-state index contributed by atoms with van der Waals surface area (Å²) >= 11 is 13.4.